The minimum Gasteiger partial charge on any atom is -0.494 e. The van der Waals surface area contributed by atoms with Gasteiger partial charge in [0.15, 0.2) is 4.90 Å². The van der Waals surface area contributed by atoms with Gasteiger partial charge in [0.2, 0.25) is 15.9 Å². The molecule has 10 heteroatoms. The van der Waals surface area contributed by atoms with Crippen molar-refractivity contribution in [3.63, 3.8) is 0 Å². The smallest absolute Gasteiger partial charge is 0.289 e. The number of ether oxygens (including phenoxy) is 2. The zero-order valence-electron chi connectivity index (χ0n) is 16.9. The van der Waals surface area contributed by atoms with Gasteiger partial charge in [-0.05, 0) is 55.3 Å². The molecule has 3 rings (SSSR count). The lowest BCUT2D eigenvalue weighted by Gasteiger charge is -2.11. The summed E-state index contributed by atoms with van der Waals surface area (Å²) in [6.45, 7) is 3.88. The quantitative estimate of drug-likeness (QED) is 0.392. The highest BCUT2D eigenvalue weighted by atomic mass is 32.2. The number of pyridine rings is 1. The van der Waals surface area contributed by atoms with Crippen molar-refractivity contribution < 1.29 is 22.8 Å². The summed E-state index contributed by atoms with van der Waals surface area (Å²) in [4.78, 5) is 14.3. The van der Waals surface area contributed by atoms with Crippen molar-refractivity contribution in [1.29, 1.82) is 0 Å². The average Bonchev–Trinajstić information content (AvgIpc) is 2.74. The van der Waals surface area contributed by atoms with Gasteiger partial charge in [-0.1, -0.05) is 12.1 Å². The molecule has 9 nitrogen and oxygen atoms in total. The number of nitro groups is 1. The molecule has 0 radical (unpaired) electrons. The molecule has 162 valence electrons. The number of aryl methyl sites for hydroxylation is 1. The molecular formula is C21H21N3O6S. The average molecular weight is 443 g/mol. The van der Waals surface area contributed by atoms with E-state index >= 15 is 0 Å². The Bertz CT molecular complexity index is 1180. The van der Waals surface area contributed by atoms with Gasteiger partial charge < -0.3 is 9.47 Å². The predicted octanol–water partition coefficient (Wildman–Crippen LogP) is 3.97. The van der Waals surface area contributed by atoms with E-state index in [-0.39, 0.29) is 22.9 Å². The summed E-state index contributed by atoms with van der Waals surface area (Å²) in [5.41, 5.74) is 0.397. The molecule has 0 aliphatic rings. The second-order valence-corrected chi connectivity index (χ2v) is 8.22. The van der Waals surface area contributed by atoms with Crippen molar-refractivity contribution >= 4 is 15.7 Å². The lowest BCUT2D eigenvalue weighted by atomic mass is 10.2. The molecule has 0 bridgehead atoms. The van der Waals surface area contributed by atoms with Gasteiger partial charge in [0.1, 0.15) is 11.5 Å². The fraction of sp³-hybridized carbons (Fsp3) is 0.190. The van der Waals surface area contributed by atoms with Crippen LogP contribution in [0, 0.1) is 17.0 Å². The summed E-state index contributed by atoms with van der Waals surface area (Å²) in [5, 5.41) is 11.3. The van der Waals surface area contributed by atoms with E-state index in [1.165, 1.54) is 25.3 Å². The summed E-state index contributed by atoms with van der Waals surface area (Å²) in [6, 6.07) is 14.3. The van der Waals surface area contributed by atoms with Gasteiger partial charge in [-0.15, -0.1) is 0 Å². The molecule has 1 heterocycles. The van der Waals surface area contributed by atoms with E-state index in [9.17, 15) is 18.5 Å². The van der Waals surface area contributed by atoms with Gasteiger partial charge in [0.05, 0.1) is 11.5 Å². The molecule has 0 fully saturated rings. The number of sulfonamides is 1. The van der Waals surface area contributed by atoms with Crippen LogP contribution in [0.3, 0.4) is 0 Å². The summed E-state index contributed by atoms with van der Waals surface area (Å²) in [7, 11) is -4.11. The maximum atomic E-state index is 12.7. The van der Waals surface area contributed by atoms with Gasteiger partial charge in [-0.3, -0.25) is 10.1 Å². The third-order valence-corrected chi connectivity index (χ3v) is 5.87. The second kappa shape index (κ2) is 9.54. The van der Waals surface area contributed by atoms with Crippen LogP contribution in [-0.4, -0.2) is 24.9 Å². The van der Waals surface area contributed by atoms with E-state index in [0.29, 0.717) is 17.9 Å². The van der Waals surface area contributed by atoms with Gasteiger partial charge in [0.25, 0.3) is 5.69 Å². The molecule has 0 saturated carbocycles. The maximum absolute atomic E-state index is 12.7. The molecule has 0 aliphatic heterocycles. The molecule has 0 unspecified atom stereocenters. The summed E-state index contributed by atoms with van der Waals surface area (Å²) < 4.78 is 39.0. The highest BCUT2D eigenvalue weighted by molar-refractivity contribution is 7.89. The minimum absolute atomic E-state index is 0.0873. The van der Waals surface area contributed by atoms with E-state index in [0.717, 1.165) is 11.8 Å². The summed E-state index contributed by atoms with van der Waals surface area (Å²) >= 11 is 0. The van der Waals surface area contributed by atoms with E-state index < -0.39 is 20.6 Å². The van der Waals surface area contributed by atoms with Crippen LogP contribution in [0.25, 0.3) is 0 Å². The van der Waals surface area contributed by atoms with Crippen molar-refractivity contribution in [2.75, 3.05) is 6.61 Å². The Hall–Kier alpha value is -3.50. The highest BCUT2D eigenvalue weighted by Gasteiger charge is 2.27. The molecule has 0 amide bonds. The Morgan fingerprint density at radius 1 is 1.10 bits per heavy atom. The van der Waals surface area contributed by atoms with Crippen LogP contribution in [0.15, 0.2) is 65.7 Å². The third-order valence-electron chi connectivity index (χ3n) is 4.28. The fourth-order valence-corrected chi connectivity index (χ4v) is 4.30. The highest BCUT2D eigenvalue weighted by Crippen LogP contribution is 2.27. The SMILES string of the molecule is CCOc1ccc(Oc2cc(CNS(=O)(=O)c3c(C)cccc3[N+](=O)[O-])ccn2)cc1. The molecule has 2 aromatic carbocycles. The third kappa shape index (κ3) is 5.56. The van der Waals surface area contributed by atoms with E-state index in [1.54, 1.807) is 36.4 Å². The van der Waals surface area contributed by atoms with Crippen molar-refractivity contribution in [1.82, 2.24) is 9.71 Å². The monoisotopic (exact) mass is 443 g/mol. The van der Waals surface area contributed by atoms with Crippen molar-refractivity contribution in [3.8, 4) is 17.4 Å². The summed E-state index contributed by atoms with van der Waals surface area (Å²) in [6.07, 6.45) is 1.49. The Balaban J connectivity index is 1.74. The Morgan fingerprint density at radius 2 is 1.81 bits per heavy atom. The van der Waals surface area contributed by atoms with E-state index in [1.807, 2.05) is 6.92 Å². The number of nitro benzene ring substituents is 1. The Kier molecular flexibility index (Phi) is 6.83. The molecular weight excluding hydrogens is 422 g/mol. The van der Waals surface area contributed by atoms with Crippen LogP contribution < -0.4 is 14.2 Å². The number of hydrogen-bond donors (Lipinski definition) is 1. The number of nitrogens with one attached hydrogen (secondary N) is 1. The number of aromatic nitrogens is 1. The first-order valence-electron chi connectivity index (χ1n) is 9.39. The number of nitrogens with zero attached hydrogens (tertiary/aromatic N) is 2. The number of rotatable bonds is 9. The number of benzene rings is 2. The van der Waals surface area contributed by atoms with Crippen molar-refractivity contribution in [3.05, 3.63) is 82.0 Å². The lowest BCUT2D eigenvalue weighted by molar-refractivity contribution is -0.387. The van der Waals surface area contributed by atoms with Crippen LogP contribution >= 0.6 is 0 Å². The predicted molar refractivity (Wildman–Crippen MR) is 114 cm³/mol. The second-order valence-electron chi connectivity index (χ2n) is 6.51. The first-order valence-corrected chi connectivity index (χ1v) is 10.9. The van der Waals surface area contributed by atoms with E-state index in [2.05, 4.69) is 9.71 Å². The first-order chi connectivity index (χ1) is 14.8. The van der Waals surface area contributed by atoms with Gasteiger partial charge in [0, 0.05) is 24.9 Å². The lowest BCUT2D eigenvalue weighted by Crippen LogP contribution is -2.25. The van der Waals surface area contributed by atoms with Crippen molar-refractivity contribution in [2.24, 2.45) is 0 Å². The molecule has 0 spiro atoms. The van der Waals surface area contributed by atoms with Gasteiger partial charge in [-0.25, -0.2) is 18.1 Å². The van der Waals surface area contributed by atoms with Gasteiger partial charge in [-0.2, -0.15) is 0 Å². The molecule has 1 N–H and O–H groups in total. The largest absolute Gasteiger partial charge is 0.494 e. The topological polar surface area (TPSA) is 121 Å². The number of hydrogen-bond acceptors (Lipinski definition) is 7. The standard InChI is InChI=1S/C21H21N3O6S/c1-3-29-17-7-9-18(10-8-17)30-20-13-16(11-12-22-20)14-23-31(27,28)21-15(2)5-4-6-19(21)24(25)26/h4-13,23H,3,14H2,1-2H3. The fourth-order valence-electron chi connectivity index (χ4n) is 2.89. The molecule has 0 saturated heterocycles. The summed E-state index contributed by atoms with van der Waals surface area (Å²) in [5.74, 6) is 1.54. The normalized spacial score (nSPS) is 11.2. The van der Waals surface area contributed by atoms with Crippen LogP contribution in [-0.2, 0) is 16.6 Å². The van der Waals surface area contributed by atoms with Crippen LogP contribution in [0.4, 0.5) is 5.69 Å². The van der Waals surface area contributed by atoms with Crippen LogP contribution in [0.5, 0.6) is 17.4 Å². The van der Waals surface area contributed by atoms with Gasteiger partial charge >= 0.3 is 0 Å². The molecule has 3 aromatic rings. The first kappa shape index (κ1) is 22.2. The molecule has 0 aliphatic carbocycles. The van der Waals surface area contributed by atoms with Crippen molar-refractivity contribution in [2.45, 2.75) is 25.3 Å². The zero-order chi connectivity index (χ0) is 22.4. The maximum Gasteiger partial charge on any atom is 0.289 e. The molecule has 0 atom stereocenters. The molecule has 1 aromatic heterocycles. The zero-order valence-corrected chi connectivity index (χ0v) is 17.8. The Labute approximate surface area is 179 Å². The van der Waals surface area contributed by atoms with Crippen LogP contribution in [0.2, 0.25) is 0 Å². The minimum atomic E-state index is -4.11. The van der Waals surface area contributed by atoms with E-state index in [4.69, 9.17) is 9.47 Å². The Morgan fingerprint density at radius 3 is 2.48 bits per heavy atom. The molecule has 31 heavy (non-hydrogen) atoms. The van der Waals surface area contributed by atoms with Crippen LogP contribution in [0.1, 0.15) is 18.1 Å².